The van der Waals surface area contributed by atoms with Gasteiger partial charge in [0.05, 0.1) is 11.8 Å². The van der Waals surface area contributed by atoms with E-state index in [0.717, 1.165) is 17.8 Å². The summed E-state index contributed by atoms with van der Waals surface area (Å²) in [5.74, 6) is -0.412. The Hall–Kier alpha value is -2.83. The number of nitrogens with zero attached hydrogens (tertiary/aromatic N) is 1. The summed E-state index contributed by atoms with van der Waals surface area (Å²) < 4.78 is 38.6. The number of alkyl halides is 3. The highest BCUT2D eigenvalue weighted by molar-refractivity contribution is 5.82. The first-order valence-corrected chi connectivity index (χ1v) is 7.55. The average molecular weight is 350 g/mol. The van der Waals surface area contributed by atoms with Crippen LogP contribution in [0.3, 0.4) is 0 Å². The van der Waals surface area contributed by atoms with Gasteiger partial charge in [0.2, 0.25) is 6.10 Å². The Labute approximate surface area is 143 Å². The van der Waals surface area contributed by atoms with E-state index in [-0.39, 0.29) is 5.56 Å². The number of carbonyl (C=O) groups is 1. The number of halogens is 3. The number of oxime groups is 1. The molecule has 0 saturated heterocycles. The van der Waals surface area contributed by atoms with Crippen molar-refractivity contribution in [3.63, 3.8) is 0 Å². The zero-order chi connectivity index (χ0) is 18.3. The molecule has 0 aliphatic carbocycles. The van der Waals surface area contributed by atoms with E-state index in [9.17, 15) is 18.0 Å². The molecule has 1 amide bonds. The van der Waals surface area contributed by atoms with Crippen molar-refractivity contribution < 1.29 is 22.8 Å². The van der Waals surface area contributed by atoms with Gasteiger partial charge in [-0.15, -0.1) is 0 Å². The lowest BCUT2D eigenvalue weighted by Gasteiger charge is -2.11. The van der Waals surface area contributed by atoms with Crippen LogP contribution in [0.1, 0.15) is 23.6 Å². The minimum absolute atomic E-state index is 0.133. The third kappa shape index (κ3) is 5.63. The fourth-order valence-corrected chi connectivity index (χ4v) is 2.02. The number of rotatable bonds is 6. The zero-order valence-electron chi connectivity index (χ0n) is 13.5. The molecule has 1 unspecified atom stereocenters. The van der Waals surface area contributed by atoms with E-state index < -0.39 is 23.8 Å². The van der Waals surface area contributed by atoms with Crippen LogP contribution >= 0.6 is 0 Å². The summed E-state index contributed by atoms with van der Waals surface area (Å²) in [5.41, 5.74) is -0.0268. The van der Waals surface area contributed by atoms with Gasteiger partial charge in [0, 0.05) is 12.1 Å². The highest BCUT2D eigenvalue weighted by Gasteiger charge is 2.32. The third-order valence-corrected chi connectivity index (χ3v) is 3.36. The van der Waals surface area contributed by atoms with Gasteiger partial charge in [-0.2, -0.15) is 13.2 Å². The van der Waals surface area contributed by atoms with E-state index >= 15 is 0 Å². The van der Waals surface area contributed by atoms with Crippen LogP contribution in [0.25, 0.3) is 0 Å². The molecule has 7 heteroatoms. The largest absolute Gasteiger partial charge is 0.417 e. The number of hydrogen-bond acceptors (Lipinski definition) is 3. The molecule has 0 radical (unpaired) electrons. The van der Waals surface area contributed by atoms with Crippen LogP contribution in [-0.2, 0) is 22.4 Å². The maximum atomic E-state index is 12.9. The molecule has 2 rings (SSSR count). The van der Waals surface area contributed by atoms with Crippen LogP contribution < -0.4 is 5.32 Å². The van der Waals surface area contributed by atoms with Crippen molar-refractivity contribution in [1.82, 2.24) is 5.32 Å². The number of amides is 1. The molecule has 1 atom stereocenters. The molecule has 1 N–H and O–H groups in total. The van der Waals surface area contributed by atoms with Crippen LogP contribution in [0.2, 0.25) is 0 Å². The van der Waals surface area contributed by atoms with E-state index in [1.807, 2.05) is 30.3 Å². The van der Waals surface area contributed by atoms with Crippen molar-refractivity contribution in [2.24, 2.45) is 5.16 Å². The van der Waals surface area contributed by atoms with Crippen molar-refractivity contribution in [1.29, 1.82) is 0 Å². The second kappa shape index (κ2) is 8.32. The molecule has 2 aromatic carbocycles. The summed E-state index contributed by atoms with van der Waals surface area (Å²) in [7, 11) is 0. The molecule has 0 aliphatic rings. The van der Waals surface area contributed by atoms with E-state index in [1.165, 1.54) is 25.1 Å². The molecular weight excluding hydrogens is 333 g/mol. The quantitative estimate of drug-likeness (QED) is 0.637. The van der Waals surface area contributed by atoms with Crippen molar-refractivity contribution >= 4 is 12.1 Å². The van der Waals surface area contributed by atoms with E-state index in [1.54, 1.807) is 0 Å². The van der Waals surface area contributed by atoms with Crippen LogP contribution in [0, 0.1) is 0 Å². The molecule has 25 heavy (non-hydrogen) atoms. The van der Waals surface area contributed by atoms with E-state index in [4.69, 9.17) is 4.84 Å². The molecular formula is C18H17F3N2O2. The van der Waals surface area contributed by atoms with Crippen LogP contribution in [0.4, 0.5) is 13.2 Å². The monoisotopic (exact) mass is 350 g/mol. The molecule has 0 spiro atoms. The first-order chi connectivity index (χ1) is 11.9. The molecule has 4 nitrogen and oxygen atoms in total. The lowest BCUT2D eigenvalue weighted by atomic mass is 10.1. The molecule has 0 heterocycles. The maximum absolute atomic E-state index is 12.9. The SMILES string of the molecule is CC(O/N=C/c1ccccc1C(F)(F)F)C(=O)NCc1ccccc1. The highest BCUT2D eigenvalue weighted by atomic mass is 19.4. The molecule has 0 saturated carbocycles. The Morgan fingerprint density at radius 3 is 2.48 bits per heavy atom. The Morgan fingerprint density at radius 2 is 1.80 bits per heavy atom. The lowest BCUT2D eigenvalue weighted by Crippen LogP contribution is -2.33. The summed E-state index contributed by atoms with van der Waals surface area (Å²) in [6, 6.07) is 14.3. The van der Waals surface area contributed by atoms with Gasteiger partial charge in [-0.05, 0) is 18.6 Å². The van der Waals surface area contributed by atoms with Crippen LogP contribution in [-0.4, -0.2) is 18.2 Å². The van der Waals surface area contributed by atoms with Gasteiger partial charge < -0.3 is 10.2 Å². The fourth-order valence-electron chi connectivity index (χ4n) is 2.02. The summed E-state index contributed by atoms with van der Waals surface area (Å²) in [6.45, 7) is 1.79. The molecule has 0 aromatic heterocycles. The normalized spacial score (nSPS) is 12.8. The molecule has 132 valence electrons. The average Bonchev–Trinajstić information content (AvgIpc) is 2.60. The standard InChI is InChI=1S/C18H17F3N2O2/c1-13(17(24)22-11-14-7-3-2-4-8-14)25-23-12-15-9-5-6-10-16(15)18(19,20)21/h2-10,12-13H,11H2,1H3,(H,22,24)/b23-12+. The lowest BCUT2D eigenvalue weighted by molar-refractivity contribution is -0.137. The Kier molecular flexibility index (Phi) is 6.16. The Balaban J connectivity index is 1.90. The van der Waals surface area contributed by atoms with Crippen molar-refractivity contribution in [3.8, 4) is 0 Å². The van der Waals surface area contributed by atoms with Gasteiger partial charge >= 0.3 is 6.18 Å². The predicted octanol–water partition coefficient (Wildman–Crippen LogP) is 3.76. The second-order valence-electron chi connectivity index (χ2n) is 5.27. The van der Waals surface area contributed by atoms with Crippen LogP contribution in [0.15, 0.2) is 59.8 Å². The minimum Gasteiger partial charge on any atom is -0.383 e. The smallest absolute Gasteiger partial charge is 0.383 e. The fraction of sp³-hybridized carbons (Fsp3) is 0.222. The minimum atomic E-state index is -4.48. The number of carbonyl (C=O) groups excluding carboxylic acids is 1. The maximum Gasteiger partial charge on any atom is 0.417 e. The van der Waals surface area contributed by atoms with Crippen LogP contribution in [0.5, 0.6) is 0 Å². The summed E-state index contributed by atoms with van der Waals surface area (Å²) in [6.07, 6.45) is -4.47. The molecule has 2 aromatic rings. The first-order valence-electron chi connectivity index (χ1n) is 7.55. The molecule has 0 fully saturated rings. The predicted molar refractivity (Wildman–Crippen MR) is 87.9 cm³/mol. The Morgan fingerprint density at radius 1 is 1.16 bits per heavy atom. The number of nitrogens with one attached hydrogen (secondary N) is 1. The van der Waals surface area contributed by atoms with Gasteiger partial charge in [-0.25, -0.2) is 0 Å². The van der Waals surface area contributed by atoms with E-state index in [2.05, 4.69) is 10.5 Å². The van der Waals surface area contributed by atoms with Gasteiger partial charge in [-0.3, -0.25) is 4.79 Å². The first kappa shape index (κ1) is 18.5. The Bertz CT molecular complexity index is 731. The van der Waals surface area contributed by atoms with E-state index in [0.29, 0.717) is 6.54 Å². The van der Waals surface area contributed by atoms with Crippen molar-refractivity contribution in [2.75, 3.05) is 0 Å². The highest BCUT2D eigenvalue weighted by Crippen LogP contribution is 2.31. The van der Waals surface area contributed by atoms with Gasteiger partial charge in [-0.1, -0.05) is 53.7 Å². The van der Waals surface area contributed by atoms with Gasteiger partial charge in [0.15, 0.2) is 0 Å². The molecule has 0 bridgehead atoms. The second-order valence-corrected chi connectivity index (χ2v) is 5.27. The number of hydrogen-bond donors (Lipinski definition) is 1. The van der Waals surface area contributed by atoms with Crippen molar-refractivity contribution in [2.45, 2.75) is 25.7 Å². The van der Waals surface area contributed by atoms with Gasteiger partial charge in [0.25, 0.3) is 5.91 Å². The zero-order valence-corrected chi connectivity index (χ0v) is 13.5. The van der Waals surface area contributed by atoms with Crippen molar-refractivity contribution in [3.05, 3.63) is 71.3 Å². The molecule has 0 aliphatic heterocycles. The third-order valence-electron chi connectivity index (χ3n) is 3.36. The summed E-state index contributed by atoms with van der Waals surface area (Å²) in [5, 5.41) is 6.17. The number of benzene rings is 2. The summed E-state index contributed by atoms with van der Waals surface area (Å²) in [4.78, 5) is 16.8. The summed E-state index contributed by atoms with van der Waals surface area (Å²) >= 11 is 0. The van der Waals surface area contributed by atoms with Gasteiger partial charge in [0.1, 0.15) is 0 Å². The topological polar surface area (TPSA) is 50.7 Å².